The maximum absolute atomic E-state index is 12.8. The van der Waals surface area contributed by atoms with Crippen molar-refractivity contribution in [1.82, 2.24) is 4.98 Å². The third-order valence-corrected chi connectivity index (χ3v) is 6.16. The van der Waals surface area contributed by atoms with Crippen molar-refractivity contribution in [2.75, 3.05) is 5.32 Å². The van der Waals surface area contributed by atoms with Crippen molar-refractivity contribution in [2.45, 2.75) is 38.1 Å². The fourth-order valence-electron chi connectivity index (χ4n) is 4.44. The molecule has 4 rings (SSSR count). The van der Waals surface area contributed by atoms with Gasteiger partial charge in [-0.3, -0.25) is 9.78 Å². The van der Waals surface area contributed by atoms with E-state index in [1.165, 1.54) is 6.42 Å². The highest BCUT2D eigenvalue weighted by Gasteiger charge is 2.40. The number of benzene rings is 1. The molecule has 158 valence electrons. The van der Waals surface area contributed by atoms with Crippen molar-refractivity contribution < 1.29 is 9.53 Å². The summed E-state index contributed by atoms with van der Waals surface area (Å²) in [6.07, 6.45) is 8.63. The van der Waals surface area contributed by atoms with Crippen LogP contribution in [0.3, 0.4) is 0 Å². The number of carbonyl (C=O) groups is 1. The molecule has 0 aliphatic heterocycles. The minimum Gasteiger partial charge on any atom is -0.456 e. The van der Waals surface area contributed by atoms with Crippen LogP contribution in [0.15, 0.2) is 42.7 Å². The molecular weight excluding hydrogens is 433 g/mol. The van der Waals surface area contributed by atoms with Crippen LogP contribution in [0.25, 0.3) is 0 Å². The molecule has 2 fully saturated rings. The number of hydrogen-bond donors (Lipinski definition) is 2. The average molecular weight is 459 g/mol. The van der Waals surface area contributed by atoms with Crippen LogP contribution in [0.2, 0.25) is 5.02 Å². The van der Waals surface area contributed by atoms with Crippen molar-refractivity contribution in [3.8, 4) is 11.5 Å². The topological polar surface area (TPSA) is 77.2 Å². The van der Waals surface area contributed by atoms with E-state index in [1.54, 1.807) is 36.7 Å². The summed E-state index contributed by atoms with van der Waals surface area (Å²) < 4.78 is 5.75. The second-order valence-electron chi connectivity index (χ2n) is 7.62. The summed E-state index contributed by atoms with van der Waals surface area (Å²) >= 11 is 6.34. The number of nitrogens with zero attached hydrogens (tertiary/aromatic N) is 1. The van der Waals surface area contributed by atoms with Gasteiger partial charge in [0.2, 0.25) is 5.91 Å². The van der Waals surface area contributed by atoms with Gasteiger partial charge in [-0.25, -0.2) is 0 Å². The van der Waals surface area contributed by atoms with Crippen molar-refractivity contribution in [1.29, 1.82) is 0 Å². The molecule has 0 spiro atoms. The average Bonchev–Trinajstić information content (AvgIpc) is 2.64. The molecule has 1 aromatic carbocycles. The molecule has 3 N–H and O–H groups in total. The van der Waals surface area contributed by atoms with Gasteiger partial charge >= 0.3 is 0 Å². The van der Waals surface area contributed by atoms with Gasteiger partial charge in [-0.2, -0.15) is 0 Å². The van der Waals surface area contributed by atoms with Gasteiger partial charge in [0.1, 0.15) is 11.5 Å². The van der Waals surface area contributed by atoms with Gasteiger partial charge in [-0.15, -0.1) is 24.8 Å². The Kier molecular flexibility index (Phi) is 8.58. The Labute approximate surface area is 188 Å². The van der Waals surface area contributed by atoms with Crippen LogP contribution in [-0.2, 0) is 4.79 Å². The van der Waals surface area contributed by atoms with E-state index >= 15 is 0 Å². The van der Waals surface area contributed by atoms with E-state index in [4.69, 9.17) is 22.1 Å². The first kappa shape index (κ1) is 23.7. The summed E-state index contributed by atoms with van der Waals surface area (Å²) in [4.78, 5) is 16.7. The number of aromatic nitrogens is 1. The molecule has 8 heteroatoms. The predicted molar refractivity (Wildman–Crippen MR) is 120 cm³/mol. The molecule has 2 aliphatic carbocycles. The smallest absolute Gasteiger partial charge is 0.227 e. The Balaban J connectivity index is 0.00000150. The molecule has 1 aromatic heterocycles. The maximum atomic E-state index is 12.8. The Hall–Kier alpha value is -1.53. The molecule has 2 bridgehead atoms. The minimum absolute atomic E-state index is 0. The Morgan fingerprint density at radius 3 is 2.38 bits per heavy atom. The molecule has 0 radical (unpaired) electrons. The van der Waals surface area contributed by atoms with Crippen LogP contribution in [-0.4, -0.2) is 16.9 Å². The van der Waals surface area contributed by atoms with Gasteiger partial charge < -0.3 is 15.8 Å². The molecule has 29 heavy (non-hydrogen) atoms. The summed E-state index contributed by atoms with van der Waals surface area (Å²) in [5.74, 6) is 2.26. The van der Waals surface area contributed by atoms with Gasteiger partial charge in [0.05, 0.1) is 5.02 Å². The summed E-state index contributed by atoms with van der Waals surface area (Å²) in [7, 11) is 0. The Bertz CT molecular complexity index is 808. The first-order valence-electron chi connectivity index (χ1n) is 9.54. The number of fused-ring (bicyclic) bond motifs is 2. The fourth-order valence-corrected chi connectivity index (χ4v) is 4.66. The lowest BCUT2D eigenvalue weighted by Gasteiger charge is -2.43. The lowest BCUT2D eigenvalue weighted by Crippen LogP contribution is -2.48. The van der Waals surface area contributed by atoms with Gasteiger partial charge in [-0.1, -0.05) is 18.0 Å². The number of ether oxygens (including phenoxy) is 1. The summed E-state index contributed by atoms with van der Waals surface area (Å²) in [6.45, 7) is 0. The standard InChI is InChI=1S/C21H24ClN3O2.2ClH/c22-18-12-16(4-5-19(18)27-17-6-8-24-9-7-17)25-21(26)15-10-13-2-1-3-14(11-15)20(13)23;;/h4-9,12-15,20H,1-3,10-11,23H2,(H,25,26);2*1H. The first-order valence-corrected chi connectivity index (χ1v) is 9.92. The van der Waals surface area contributed by atoms with Crippen LogP contribution in [0.4, 0.5) is 5.69 Å². The lowest BCUT2D eigenvalue weighted by molar-refractivity contribution is -0.122. The molecule has 1 heterocycles. The number of hydrogen-bond acceptors (Lipinski definition) is 4. The van der Waals surface area contributed by atoms with Gasteiger partial charge in [-0.05, 0) is 67.9 Å². The van der Waals surface area contributed by atoms with Crippen LogP contribution < -0.4 is 15.8 Å². The number of halogens is 3. The molecule has 1 amide bonds. The third kappa shape index (κ3) is 5.54. The second kappa shape index (κ2) is 10.5. The minimum atomic E-state index is 0. The third-order valence-electron chi connectivity index (χ3n) is 5.86. The molecule has 2 aromatic rings. The molecular formula is C21H26Cl3N3O2. The fraction of sp³-hybridized carbons (Fsp3) is 0.429. The lowest BCUT2D eigenvalue weighted by atomic mass is 9.65. The predicted octanol–water partition coefficient (Wildman–Crippen LogP) is 5.46. The zero-order valence-corrected chi connectivity index (χ0v) is 18.3. The summed E-state index contributed by atoms with van der Waals surface area (Å²) in [5.41, 5.74) is 7.02. The monoisotopic (exact) mass is 457 g/mol. The van der Waals surface area contributed by atoms with Gasteiger partial charge in [0.15, 0.2) is 0 Å². The van der Waals surface area contributed by atoms with E-state index in [0.717, 1.165) is 25.7 Å². The SMILES string of the molecule is Cl.Cl.NC1C2CCCC1CC(C(=O)Nc1ccc(Oc3ccncc3)c(Cl)c1)C2. The normalized spacial score (nSPS) is 25.2. The maximum Gasteiger partial charge on any atom is 0.227 e. The number of nitrogens with two attached hydrogens (primary N) is 1. The molecule has 2 atom stereocenters. The van der Waals surface area contributed by atoms with Crippen molar-refractivity contribution >= 4 is 48.0 Å². The molecule has 5 nitrogen and oxygen atoms in total. The van der Waals surface area contributed by atoms with E-state index in [0.29, 0.717) is 34.0 Å². The zero-order chi connectivity index (χ0) is 18.8. The van der Waals surface area contributed by atoms with E-state index in [2.05, 4.69) is 10.3 Å². The van der Waals surface area contributed by atoms with Crippen molar-refractivity contribution in [3.05, 3.63) is 47.7 Å². The number of anilines is 1. The second-order valence-corrected chi connectivity index (χ2v) is 8.02. The number of nitrogens with one attached hydrogen (secondary N) is 1. The largest absolute Gasteiger partial charge is 0.456 e. The van der Waals surface area contributed by atoms with Gasteiger partial charge in [0.25, 0.3) is 0 Å². The van der Waals surface area contributed by atoms with E-state index in [9.17, 15) is 4.79 Å². The van der Waals surface area contributed by atoms with Crippen LogP contribution in [0.1, 0.15) is 32.1 Å². The molecule has 2 aliphatic rings. The highest BCUT2D eigenvalue weighted by Crippen LogP contribution is 2.42. The quantitative estimate of drug-likeness (QED) is 0.637. The van der Waals surface area contributed by atoms with Crippen LogP contribution in [0, 0.1) is 17.8 Å². The first-order chi connectivity index (χ1) is 13.1. The summed E-state index contributed by atoms with van der Waals surface area (Å²) in [6, 6.07) is 9.10. The number of rotatable bonds is 4. The van der Waals surface area contributed by atoms with Crippen molar-refractivity contribution in [3.63, 3.8) is 0 Å². The number of amides is 1. The zero-order valence-electron chi connectivity index (χ0n) is 15.9. The Morgan fingerprint density at radius 2 is 1.76 bits per heavy atom. The van der Waals surface area contributed by atoms with E-state index < -0.39 is 0 Å². The van der Waals surface area contributed by atoms with Gasteiger partial charge in [0, 0.05) is 30.0 Å². The molecule has 2 saturated carbocycles. The molecule has 2 unspecified atom stereocenters. The van der Waals surface area contributed by atoms with Crippen molar-refractivity contribution in [2.24, 2.45) is 23.5 Å². The van der Waals surface area contributed by atoms with Crippen LogP contribution in [0.5, 0.6) is 11.5 Å². The number of pyridine rings is 1. The Morgan fingerprint density at radius 1 is 1.10 bits per heavy atom. The highest BCUT2D eigenvalue weighted by molar-refractivity contribution is 6.32. The molecule has 0 saturated heterocycles. The number of carbonyl (C=O) groups excluding carboxylic acids is 1. The highest BCUT2D eigenvalue weighted by atomic mass is 35.5. The summed E-state index contributed by atoms with van der Waals surface area (Å²) in [5, 5.41) is 3.47. The van der Waals surface area contributed by atoms with E-state index in [1.807, 2.05) is 6.07 Å². The van der Waals surface area contributed by atoms with E-state index in [-0.39, 0.29) is 42.7 Å². The van der Waals surface area contributed by atoms with Crippen LogP contribution >= 0.6 is 36.4 Å².